The predicted molar refractivity (Wildman–Crippen MR) is 94.0 cm³/mol. The summed E-state index contributed by atoms with van der Waals surface area (Å²) in [7, 11) is 0. The fourth-order valence-electron chi connectivity index (χ4n) is 3.36. The van der Waals surface area contributed by atoms with E-state index in [2.05, 4.69) is 16.8 Å². The molecule has 24 heavy (non-hydrogen) atoms. The Kier molecular flexibility index (Phi) is 3.72. The molecule has 122 valence electrons. The quantitative estimate of drug-likeness (QED) is 0.631. The summed E-state index contributed by atoms with van der Waals surface area (Å²) in [6.07, 6.45) is 1.74. The largest absolute Gasteiger partial charge is 0.340 e. The molecule has 3 atom stereocenters. The Hall–Kier alpha value is -2.41. The van der Waals surface area contributed by atoms with Crippen LogP contribution in [0.25, 0.3) is 0 Å². The third kappa shape index (κ3) is 2.45. The number of aliphatic imine (C=N–C) groups is 1. The fraction of sp³-hybridized carbons (Fsp3) is 0.294. The average molecular weight is 340 g/mol. The predicted octanol–water partition coefficient (Wildman–Crippen LogP) is 3.58. The summed E-state index contributed by atoms with van der Waals surface area (Å²) < 4.78 is 0. The zero-order chi connectivity index (χ0) is 16.7. The maximum atomic E-state index is 11.5. The number of nitrogens with zero attached hydrogens (tertiary/aromatic N) is 4. The Morgan fingerprint density at radius 1 is 1.25 bits per heavy atom. The molecule has 2 aliphatic rings. The van der Waals surface area contributed by atoms with Crippen LogP contribution in [-0.2, 0) is 0 Å². The van der Waals surface area contributed by atoms with Crippen LogP contribution in [0.1, 0.15) is 30.3 Å². The molecule has 0 amide bonds. The molecule has 1 fully saturated rings. The number of hydrogen-bond donors (Lipinski definition) is 0. The van der Waals surface area contributed by atoms with Crippen molar-refractivity contribution in [3.8, 4) is 0 Å². The van der Waals surface area contributed by atoms with Gasteiger partial charge in [-0.25, -0.2) is 0 Å². The van der Waals surface area contributed by atoms with E-state index in [-0.39, 0.29) is 22.7 Å². The van der Waals surface area contributed by atoms with Crippen LogP contribution in [-0.4, -0.2) is 31.8 Å². The van der Waals surface area contributed by atoms with Crippen LogP contribution in [0.5, 0.6) is 0 Å². The van der Waals surface area contributed by atoms with Crippen LogP contribution in [0.3, 0.4) is 0 Å². The van der Waals surface area contributed by atoms with Gasteiger partial charge in [0.25, 0.3) is 5.69 Å². The summed E-state index contributed by atoms with van der Waals surface area (Å²) >= 11 is 1.73. The van der Waals surface area contributed by atoms with Gasteiger partial charge in [0.1, 0.15) is 6.04 Å². The van der Waals surface area contributed by atoms with Crippen molar-refractivity contribution in [1.82, 2.24) is 9.88 Å². The van der Waals surface area contributed by atoms with Gasteiger partial charge >= 0.3 is 0 Å². The lowest BCUT2D eigenvalue weighted by Gasteiger charge is -2.27. The number of nitro benzene ring substituents is 1. The van der Waals surface area contributed by atoms with Crippen molar-refractivity contribution >= 4 is 22.6 Å². The molecule has 0 saturated carbocycles. The molecule has 0 unspecified atom stereocenters. The molecule has 1 saturated heterocycles. The number of pyridine rings is 1. The minimum atomic E-state index is -0.310. The van der Waals surface area contributed by atoms with Gasteiger partial charge in [-0.05, 0) is 18.2 Å². The number of aromatic nitrogens is 1. The molecule has 2 aromatic rings. The maximum absolute atomic E-state index is 11.5. The number of nitro groups is 1. The van der Waals surface area contributed by atoms with Gasteiger partial charge in [0.2, 0.25) is 0 Å². The standard InChI is InChI=1S/C17H16N4O2S/c1-11-10-20-16(12-6-2-3-8-14(12)21(22)23)15(19-17(20)24-11)13-7-4-5-9-18-13/h2-9,11,15-16H,10H2,1H3/t11-,15+,16-/m0/s1. The number of benzene rings is 1. The maximum Gasteiger partial charge on any atom is 0.274 e. The van der Waals surface area contributed by atoms with Crippen molar-refractivity contribution in [3.63, 3.8) is 0 Å². The molecule has 1 aromatic carbocycles. The first-order chi connectivity index (χ1) is 11.6. The third-order valence-electron chi connectivity index (χ3n) is 4.33. The van der Waals surface area contributed by atoms with E-state index < -0.39 is 0 Å². The van der Waals surface area contributed by atoms with E-state index in [1.165, 1.54) is 0 Å². The second kappa shape index (κ2) is 5.90. The van der Waals surface area contributed by atoms with Crippen molar-refractivity contribution in [1.29, 1.82) is 0 Å². The number of thioether (sulfide) groups is 1. The second-order valence-corrected chi connectivity index (χ2v) is 7.36. The van der Waals surface area contributed by atoms with Gasteiger partial charge < -0.3 is 4.90 Å². The third-order valence-corrected chi connectivity index (χ3v) is 5.44. The summed E-state index contributed by atoms with van der Waals surface area (Å²) in [5, 5.41) is 12.9. The van der Waals surface area contributed by atoms with E-state index >= 15 is 0 Å². The first-order valence-corrected chi connectivity index (χ1v) is 8.68. The van der Waals surface area contributed by atoms with Crippen LogP contribution in [0.2, 0.25) is 0 Å². The number of hydrogen-bond acceptors (Lipinski definition) is 6. The lowest BCUT2D eigenvalue weighted by Crippen LogP contribution is -2.29. The first-order valence-electron chi connectivity index (χ1n) is 7.80. The monoisotopic (exact) mass is 340 g/mol. The Balaban J connectivity index is 1.83. The van der Waals surface area contributed by atoms with Crippen molar-refractivity contribution in [2.45, 2.75) is 24.3 Å². The second-order valence-electron chi connectivity index (χ2n) is 5.95. The molecule has 1 aromatic heterocycles. The van der Waals surface area contributed by atoms with E-state index in [1.54, 1.807) is 30.1 Å². The zero-order valence-electron chi connectivity index (χ0n) is 13.1. The highest BCUT2D eigenvalue weighted by molar-refractivity contribution is 8.14. The van der Waals surface area contributed by atoms with Crippen molar-refractivity contribution in [2.24, 2.45) is 4.99 Å². The lowest BCUT2D eigenvalue weighted by atomic mass is 9.95. The van der Waals surface area contributed by atoms with E-state index in [0.717, 1.165) is 17.4 Å². The Bertz CT molecular complexity index is 811. The van der Waals surface area contributed by atoms with Crippen LogP contribution >= 0.6 is 11.8 Å². The summed E-state index contributed by atoms with van der Waals surface area (Å²) in [5.74, 6) is 0. The minimum Gasteiger partial charge on any atom is -0.340 e. The molecule has 4 rings (SSSR count). The highest BCUT2D eigenvalue weighted by Crippen LogP contribution is 2.49. The molecule has 0 N–H and O–H groups in total. The topological polar surface area (TPSA) is 71.6 Å². The number of fused-ring (bicyclic) bond motifs is 1. The fourth-order valence-corrected chi connectivity index (χ4v) is 4.45. The van der Waals surface area contributed by atoms with Gasteiger partial charge in [-0.2, -0.15) is 0 Å². The smallest absolute Gasteiger partial charge is 0.274 e. The summed E-state index contributed by atoms with van der Waals surface area (Å²) in [6.45, 7) is 2.99. The molecular weight excluding hydrogens is 324 g/mol. The molecular formula is C17H16N4O2S. The zero-order valence-corrected chi connectivity index (χ0v) is 13.9. The van der Waals surface area contributed by atoms with Crippen LogP contribution < -0.4 is 0 Å². The SMILES string of the molecule is C[C@H]1CN2C(=N[C@H](c3ccccn3)[C@@H]2c2ccccc2[N+](=O)[O-])S1. The van der Waals surface area contributed by atoms with Crippen LogP contribution in [0.4, 0.5) is 5.69 Å². The summed E-state index contributed by atoms with van der Waals surface area (Å²) in [5.41, 5.74) is 1.69. The Morgan fingerprint density at radius 2 is 2.04 bits per heavy atom. The van der Waals surface area contributed by atoms with Crippen LogP contribution in [0.15, 0.2) is 53.7 Å². The van der Waals surface area contributed by atoms with Gasteiger partial charge in [0.15, 0.2) is 5.17 Å². The van der Waals surface area contributed by atoms with E-state index in [0.29, 0.717) is 10.8 Å². The molecule has 3 heterocycles. The Labute approximate surface area is 143 Å². The lowest BCUT2D eigenvalue weighted by molar-refractivity contribution is -0.386. The average Bonchev–Trinajstić information content (AvgIpc) is 3.11. The van der Waals surface area contributed by atoms with Gasteiger partial charge in [0.05, 0.1) is 22.2 Å². The van der Waals surface area contributed by atoms with E-state index in [9.17, 15) is 10.1 Å². The molecule has 7 heteroatoms. The van der Waals surface area contributed by atoms with E-state index in [1.807, 2.05) is 30.3 Å². The molecule has 0 bridgehead atoms. The van der Waals surface area contributed by atoms with Gasteiger partial charge in [-0.15, -0.1) is 0 Å². The van der Waals surface area contributed by atoms with Gasteiger partial charge in [0, 0.05) is 24.1 Å². The van der Waals surface area contributed by atoms with Crippen LogP contribution in [0, 0.1) is 10.1 Å². The molecule has 0 aliphatic carbocycles. The number of amidine groups is 1. The molecule has 0 spiro atoms. The summed E-state index contributed by atoms with van der Waals surface area (Å²) in [4.78, 5) is 22.7. The first kappa shape index (κ1) is 15.1. The van der Waals surface area contributed by atoms with Crippen molar-refractivity contribution in [3.05, 3.63) is 70.0 Å². The molecule has 2 aliphatic heterocycles. The minimum absolute atomic E-state index is 0.143. The number of rotatable bonds is 3. The van der Waals surface area contributed by atoms with Crippen molar-refractivity contribution in [2.75, 3.05) is 6.54 Å². The summed E-state index contributed by atoms with van der Waals surface area (Å²) in [6, 6.07) is 12.3. The highest BCUT2D eigenvalue weighted by atomic mass is 32.2. The van der Waals surface area contributed by atoms with Crippen molar-refractivity contribution < 1.29 is 4.92 Å². The van der Waals surface area contributed by atoms with Gasteiger partial charge in [-0.1, -0.05) is 36.9 Å². The highest BCUT2D eigenvalue weighted by Gasteiger charge is 2.45. The van der Waals surface area contributed by atoms with E-state index in [4.69, 9.17) is 4.99 Å². The molecule has 6 nitrogen and oxygen atoms in total. The molecule has 0 radical (unpaired) electrons. The number of para-hydroxylation sites is 1. The van der Waals surface area contributed by atoms with Gasteiger partial charge in [-0.3, -0.25) is 20.1 Å². The normalized spacial score (nSPS) is 25.5. The Morgan fingerprint density at radius 3 is 2.79 bits per heavy atom.